The SMILES string of the molecule is Cc1ccc(S(=O)(=O)OC2C(OC(=O)c3ccccc3)OC(COC(=O)c3ccccc3)C2OC(=O)c2ccccc2)cc1. The topological polar surface area (TPSA) is 132 Å². The lowest BCUT2D eigenvalue weighted by atomic mass is 10.1. The fourth-order valence-corrected chi connectivity index (χ4v) is 5.47. The average Bonchev–Trinajstić information content (AvgIpc) is 3.35. The van der Waals surface area contributed by atoms with Crippen molar-refractivity contribution in [2.45, 2.75) is 36.4 Å². The van der Waals surface area contributed by atoms with Gasteiger partial charge in [0.25, 0.3) is 10.1 Å². The number of aryl methyl sites for hydroxylation is 1. The van der Waals surface area contributed by atoms with Crippen LogP contribution >= 0.6 is 0 Å². The second-order valence-electron chi connectivity index (χ2n) is 9.84. The number of ether oxygens (including phenoxy) is 4. The normalized spacial score (nSPS) is 19.6. The molecule has 4 atom stereocenters. The molecule has 1 saturated heterocycles. The number of hydrogen-bond donors (Lipinski definition) is 0. The molecule has 0 saturated carbocycles. The maximum atomic E-state index is 13.4. The molecule has 4 unspecified atom stereocenters. The highest BCUT2D eigenvalue weighted by Gasteiger charge is 2.53. The molecule has 1 heterocycles. The van der Waals surface area contributed by atoms with Gasteiger partial charge in [0.05, 0.1) is 21.6 Å². The third-order valence-corrected chi connectivity index (χ3v) is 8.01. The molecule has 4 aromatic carbocycles. The van der Waals surface area contributed by atoms with Crippen LogP contribution in [-0.4, -0.2) is 57.5 Å². The fraction of sp³-hybridized carbons (Fsp3) is 0.182. The van der Waals surface area contributed by atoms with Crippen LogP contribution in [0.3, 0.4) is 0 Å². The number of benzene rings is 4. The molecule has 4 aromatic rings. The molecule has 226 valence electrons. The van der Waals surface area contributed by atoms with Gasteiger partial charge in [0.15, 0.2) is 12.2 Å². The van der Waals surface area contributed by atoms with Gasteiger partial charge in [0, 0.05) is 0 Å². The molecule has 5 rings (SSSR count). The van der Waals surface area contributed by atoms with E-state index in [1.165, 1.54) is 36.4 Å². The minimum absolute atomic E-state index is 0.160. The van der Waals surface area contributed by atoms with Crippen LogP contribution in [-0.2, 0) is 33.2 Å². The van der Waals surface area contributed by atoms with Crippen molar-refractivity contribution in [1.29, 1.82) is 0 Å². The van der Waals surface area contributed by atoms with E-state index in [4.69, 9.17) is 23.1 Å². The number of rotatable bonds is 10. The Morgan fingerprint density at radius 1 is 0.636 bits per heavy atom. The van der Waals surface area contributed by atoms with E-state index in [1.807, 2.05) is 0 Å². The molecule has 1 aliphatic rings. The predicted molar refractivity (Wildman–Crippen MR) is 156 cm³/mol. The van der Waals surface area contributed by atoms with Crippen LogP contribution in [0, 0.1) is 6.92 Å². The van der Waals surface area contributed by atoms with Crippen molar-refractivity contribution in [1.82, 2.24) is 0 Å². The van der Waals surface area contributed by atoms with Gasteiger partial charge in [-0.3, -0.25) is 4.18 Å². The van der Waals surface area contributed by atoms with E-state index >= 15 is 0 Å². The first kappa shape index (κ1) is 30.6. The molecule has 1 fully saturated rings. The van der Waals surface area contributed by atoms with Crippen molar-refractivity contribution in [3.8, 4) is 0 Å². The molecule has 10 nitrogen and oxygen atoms in total. The average molecular weight is 617 g/mol. The minimum atomic E-state index is -4.50. The van der Waals surface area contributed by atoms with E-state index in [0.717, 1.165) is 5.56 Å². The van der Waals surface area contributed by atoms with Crippen molar-refractivity contribution in [2.75, 3.05) is 6.61 Å². The smallest absolute Gasteiger partial charge is 0.340 e. The van der Waals surface area contributed by atoms with Gasteiger partial charge in [-0.15, -0.1) is 0 Å². The Morgan fingerprint density at radius 2 is 1.11 bits per heavy atom. The van der Waals surface area contributed by atoms with Crippen LogP contribution in [0.1, 0.15) is 36.6 Å². The third-order valence-electron chi connectivity index (χ3n) is 6.69. The Kier molecular flexibility index (Phi) is 9.49. The summed E-state index contributed by atoms with van der Waals surface area (Å²) >= 11 is 0. The summed E-state index contributed by atoms with van der Waals surface area (Å²) in [5.41, 5.74) is 1.40. The second kappa shape index (κ2) is 13.6. The summed E-state index contributed by atoms with van der Waals surface area (Å²) in [6, 6.07) is 30.0. The molecule has 1 aliphatic heterocycles. The van der Waals surface area contributed by atoms with Gasteiger partial charge in [0.2, 0.25) is 6.29 Å². The van der Waals surface area contributed by atoms with E-state index in [9.17, 15) is 22.8 Å². The van der Waals surface area contributed by atoms with E-state index in [-0.39, 0.29) is 21.6 Å². The zero-order valence-corrected chi connectivity index (χ0v) is 24.3. The van der Waals surface area contributed by atoms with E-state index in [1.54, 1.807) is 85.8 Å². The summed E-state index contributed by atoms with van der Waals surface area (Å²) in [6.07, 6.45) is -6.10. The highest BCUT2D eigenvalue weighted by molar-refractivity contribution is 7.86. The number of hydrogen-bond acceptors (Lipinski definition) is 10. The molecule has 0 N–H and O–H groups in total. The molecule has 0 spiro atoms. The lowest BCUT2D eigenvalue weighted by molar-refractivity contribution is -0.135. The van der Waals surface area contributed by atoms with E-state index < -0.39 is 59.2 Å². The van der Waals surface area contributed by atoms with E-state index in [2.05, 4.69) is 0 Å². The zero-order valence-electron chi connectivity index (χ0n) is 23.5. The third kappa shape index (κ3) is 7.38. The fourth-order valence-electron chi connectivity index (χ4n) is 4.40. The Balaban J connectivity index is 1.47. The summed E-state index contributed by atoms with van der Waals surface area (Å²) in [7, 11) is -4.50. The zero-order chi connectivity index (χ0) is 31.1. The molecular weight excluding hydrogens is 588 g/mol. The molecule has 11 heteroatoms. The van der Waals surface area contributed by atoms with Crippen LogP contribution in [0.15, 0.2) is 120 Å². The van der Waals surface area contributed by atoms with Gasteiger partial charge in [0.1, 0.15) is 12.7 Å². The first-order chi connectivity index (χ1) is 21.2. The maximum Gasteiger partial charge on any atom is 0.340 e. The number of carbonyl (C=O) groups excluding carboxylic acids is 3. The summed E-state index contributed by atoms with van der Waals surface area (Å²) in [6.45, 7) is 1.31. The summed E-state index contributed by atoms with van der Waals surface area (Å²) in [4.78, 5) is 38.7. The first-order valence-corrected chi connectivity index (χ1v) is 15.0. The van der Waals surface area contributed by atoms with Gasteiger partial charge >= 0.3 is 17.9 Å². The highest BCUT2D eigenvalue weighted by atomic mass is 32.2. The largest absolute Gasteiger partial charge is 0.459 e. The minimum Gasteiger partial charge on any atom is -0.459 e. The van der Waals surface area contributed by atoms with E-state index in [0.29, 0.717) is 0 Å². The molecular formula is C33H28O10S. The van der Waals surface area contributed by atoms with Crippen molar-refractivity contribution >= 4 is 28.0 Å². The van der Waals surface area contributed by atoms with Crippen LogP contribution in [0.25, 0.3) is 0 Å². The Labute approximate surface area is 254 Å². The van der Waals surface area contributed by atoms with Gasteiger partial charge in [-0.1, -0.05) is 72.3 Å². The quantitative estimate of drug-likeness (QED) is 0.140. The first-order valence-electron chi connectivity index (χ1n) is 13.6. The van der Waals surface area contributed by atoms with Crippen LogP contribution in [0.4, 0.5) is 0 Å². The van der Waals surface area contributed by atoms with Gasteiger partial charge < -0.3 is 18.9 Å². The van der Waals surface area contributed by atoms with Crippen LogP contribution in [0.2, 0.25) is 0 Å². The Morgan fingerprint density at radius 3 is 1.64 bits per heavy atom. The Bertz CT molecular complexity index is 1690. The molecule has 44 heavy (non-hydrogen) atoms. The van der Waals surface area contributed by atoms with Crippen molar-refractivity contribution in [3.05, 3.63) is 138 Å². The lowest BCUT2D eigenvalue weighted by Crippen LogP contribution is -2.42. The Hall–Kier alpha value is -4.84. The lowest BCUT2D eigenvalue weighted by Gasteiger charge is -2.24. The predicted octanol–water partition coefficient (Wildman–Crippen LogP) is 4.73. The van der Waals surface area contributed by atoms with Gasteiger partial charge in [-0.25, -0.2) is 14.4 Å². The van der Waals surface area contributed by atoms with Crippen LogP contribution < -0.4 is 0 Å². The summed E-state index contributed by atoms with van der Waals surface area (Å²) in [5.74, 6) is -2.36. The molecule has 0 aliphatic carbocycles. The van der Waals surface area contributed by atoms with Gasteiger partial charge in [-0.05, 0) is 55.5 Å². The van der Waals surface area contributed by atoms with Crippen molar-refractivity contribution in [3.63, 3.8) is 0 Å². The maximum absolute atomic E-state index is 13.4. The number of esters is 3. The summed E-state index contributed by atoms with van der Waals surface area (Å²) in [5, 5.41) is 0. The summed E-state index contributed by atoms with van der Waals surface area (Å²) < 4.78 is 55.1. The van der Waals surface area contributed by atoms with Crippen LogP contribution in [0.5, 0.6) is 0 Å². The molecule has 0 bridgehead atoms. The monoisotopic (exact) mass is 616 g/mol. The van der Waals surface area contributed by atoms with Gasteiger partial charge in [-0.2, -0.15) is 8.42 Å². The molecule has 0 amide bonds. The molecule has 0 aromatic heterocycles. The van der Waals surface area contributed by atoms with Crippen molar-refractivity contribution in [2.24, 2.45) is 0 Å². The van der Waals surface area contributed by atoms with Crippen molar-refractivity contribution < 1.29 is 45.9 Å². The molecule has 0 radical (unpaired) electrons. The highest BCUT2D eigenvalue weighted by Crippen LogP contribution is 2.32. The second-order valence-corrected chi connectivity index (χ2v) is 11.4. The number of carbonyl (C=O) groups is 3. The standard InChI is InChI=1S/C33H28O10S/c1-22-17-19-26(20-18-22)44(37,38)43-29-28(41-31(35)24-13-7-3-8-14-24)27(21-39-30(34)23-11-5-2-6-12-23)40-33(29)42-32(36)25-15-9-4-10-16-25/h2-20,27-29,33H,21H2,1H3.